The third kappa shape index (κ3) is 6.78. The van der Waals surface area contributed by atoms with Gasteiger partial charge >= 0.3 is 0 Å². The van der Waals surface area contributed by atoms with E-state index in [-0.39, 0.29) is 23.0 Å². The van der Waals surface area contributed by atoms with Crippen molar-refractivity contribution in [2.75, 3.05) is 25.0 Å². The number of nitrogens with one attached hydrogen (secondary N) is 1. The first-order valence-electron chi connectivity index (χ1n) is 11.8. The van der Waals surface area contributed by atoms with Crippen LogP contribution < -0.4 is 14.4 Å². The molecule has 0 aliphatic rings. The van der Waals surface area contributed by atoms with Crippen molar-refractivity contribution in [3.8, 4) is 5.75 Å². The molecule has 3 aromatic carbocycles. The Morgan fingerprint density at radius 2 is 1.61 bits per heavy atom. The molecule has 0 aliphatic heterocycles. The van der Waals surface area contributed by atoms with Crippen LogP contribution in [0.1, 0.15) is 18.9 Å². The number of halogens is 2. The zero-order chi connectivity index (χ0) is 27.9. The average Bonchev–Trinajstić information content (AvgIpc) is 2.92. The average molecular weight is 579 g/mol. The predicted molar refractivity (Wildman–Crippen MR) is 149 cm³/mol. The second kappa shape index (κ2) is 13.0. The highest BCUT2D eigenvalue weighted by Crippen LogP contribution is 2.27. The van der Waals surface area contributed by atoms with Crippen LogP contribution >= 0.6 is 23.2 Å². The highest BCUT2D eigenvalue weighted by atomic mass is 35.5. The van der Waals surface area contributed by atoms with Crippen LogP contribution in [-0.2, 0) is 26.2 Å². The van der Waals surface area contributed by atoms with Crippen molar-refractivity contribution < 1.29 is 22.7 Å². The second-order valence-corrected chi connectivity index (χ2v) is 11.0. The smallest absolute Gasteiger partial charge is 0.264 e. The zero-order valence-electron chi connectivity index (χ0n) is 21.2. The van der Waals surface area contributed by atoms with Gasteiger partial charge < -0.3 is 15.0 Å². The van der Waals surface area contributed by atoms with E-state index < -0.39 is 28.5 Å². The van der Waals surface area contributed by atoms with Crippen LogP contribution in [0.25, 0.3) is 0 Å². The molecule has 0 aromatic heterocycles. The topological polar surface area (TPSA) is 96.0 Å². The van der Waals surface area contributed by atoms with Gasteiger partial charge in [-0.15, -0.1) is 0 Å². The van der Waals surface area contributed by atoms with Gasteiger partial charge in [-0.25, -0.2) is 8.42 Å². The van der Waals surface area contributed by atoms with Gasteiger partial charge in [-0.1, -0.05) is 48.3 Å². The lowest BCUT2D eigenvalue weighted by molar-refractivity contribution is -0.140. The number of hydrogen-bond acceptors (Lipinski definition) is 5. The molecule has 0 saturated carbocycles. The van der Waals surface area contributed by atoms with E-state index in [1.807, 2.05) is 0 Å². The number of nitrogens with zero attached hydrogens (tertiary/aromatic N) is 2. The highest BCUT2D eigenvalue weighted by Gasteiger charge is 2.33. The number of carbonyl (C=O) groups is 2. The molecule has 0 saturated heterocycles. The number of rotatable bonds is 11. The molecule has 3 rings (SSSR count). The maximum atomic E-state index is 13.9. The first-order chi connectivity index (χ1) is 18.1. The quantitative estimate of drug-likeness (QED) is 0.354. The summed E-state index contributed by atoms with van der Waals surface area (Å²) >= 11 is 12.4. The zero-order valence-corrected chi connectivity index (χ0v) is 23.6. The molecule has 1 N–H and O–H groups in total. The Balaban J connectivity index is 2.06. The summed E-state index contributed by atoms with van der Waals surface area (Å²) in [5.74, 6) is -0.461. The van der Waals surface area contributed by atoms with Crippen molar-refractivity contribution in [1.29, 1.82) is 0 Å². The maximum absolute atomic E-state index is 13.9. The standard InChI is InChI=1S/C27H29Cl2N3O5S/c1-4-25(27(34)30-2)31(17-19-7-5-6-8-24(19)29)26(33)18-32(21-11-9-20(28)10-12-21)38(35,36)23-15-13-22(37-3)14-16-23/h5-16,25H,4,17-18H2,1-3H3,(H,30,34). The largest absolute Gasteiger partial charge is 0.497 e. The van der Waals surface area contributed by atoms with Gasteiger partial charge in [0.25, 0.3) is 10.0 Å². The number of methoxy groups -OCH3 is 1. The molecule has 1 atom stereocenters. The number of anilines is 1. The van der Waals surface area contributed by atoms with Crippen molar-refractivity contribution in [3.05, 3.63) is 88.4 Å². The summed E-state index contributed by atoms with van der Waals surface area (Å²) in [5, 5.41) is 3.42. The van der Waals surface area contributed by atoms with Crippen molar-refractivity contribution in [2.45, 2.75) is 30.8 Å². The first-order valence-corrected chi connectivity index (χ1v) is 14.0. The number of benzene rings is 3. The minimum atomic E-state index is -4.20. The van der Waals surface area contributed by atoms with E-state index in [0.29, 0.717) is 27.8 Å². The monoisotopic (exact) mass is 577 g/mol. The van der Waals surface area contributed by atoms with Gasteiger partial charge in [0.05, 0.1) is 17.7 Å². The summed E-state index contributed by atoms with van der Waals surface area (Å²) < 4.78 is 33.7. The van der Waals surface area contributed by atoms with Crippen molar-refractivity contribution in [2.24, 2.45) is 0 Å². The highest BCUT2D eigenvalue weighted by molar-refractivity contribution is 7.92. The SMILES string of the molecule is CCC(C(=O)NC)N(Cc1ccccc1Cl)C(=O)CN(c1ccc(Cl)cc1)S(=O)(=O)c1ccc(OC)cc1. The molecule has 3 aromatic rings. The van der Waals surface area contributed by atoms with Gasteiger partial charge in [-0.2, -0.15) is 0 Å². The maximum Gasteiger partial charge on any atom is 0.264 e. The van der Waals surface area contributed by atoms with E-state index >= 15 is 0 Å². The Morgan fingerprint density at radius 3 is 2.16 bits per heavy atom. The Hall–Kier alpha value is -3.27. The van der Waals surface area contributed by atoms with Crippen molar-refractivity contribution in [1.82, 2.24) is 10.2 Å². The van der Waals surface area contributed by atoms with E-state index in [1.54, 1.807) is 43.3 Å². The number of likely N-dealkylation sites (N-methyl/N-ethyl adjacent to an activating group) is 1. The lowest BCUT2D eigenvalue weighted by Crippen LogP contribution is -2.51. The third-order valence-corrected chi connectivity index (χ3v) is 8.38. The minimum Gasteiger partial charge on any atom is -0.497 e. The van der Waals surface area contributed by atoms with Crippen LogP contribution in [0, 0.1) is 0 Å². The summed E-state index contributed by atoms with van der Waals surface area (Å²) in [6, 6.07) is 18.1. The van der Waals surface area contributed by atoms with E-state index in [4.69, 9.17) is 27.9 Å². The summed E-state index contributed by atoms with van der Waals surface area (Å²) in [6.07, 6.45) is 0.308. The molecule has 0 spiro atoms. The van der Waals surface area contributed by atoms with Crippen LogP contribution in [0.4, 0.5) is 5.69 Å². The molecule has 1 unspecified atom stereocenters. The number of ether oxygens (including phenoxy) is 1. The van der Waals surface area contributed by atoms with Gasteiger partial charge in [-0.3, -0.25) is 13.9 Å². The van der Waals surface area contributed by atoms with Gasteiger partial charge in [0.1, 0.15) is 18.3 Å². The normalized spacial score (nSPS) is 11.9. The fraction of sp³-hybridized carbons (Fsp3) is 0.259. The second-order valence-electron chi connectivity index (χ2n) is 8.31. The van der Waals surface area contributed by atoms with Crippen LogP contribution in [0.3, 0.4) is 0 Å². The number of carbonyl (C=O) groups excluding carboxylic acids is 2. The Morgan fingerprint density at radius 1 is 0.974 bits per heavy atom. The van der Waals surface area contributed by atoms with Gasteiger partial charge in [0.2, 0.25) is 11.8 Å². The van der Waals surface area contributed by atoms with Crippen molar-refractivity contribution in [3.63, 3.8) is 0 Å². The summed E-state index contributed by atoms with van der Waals surface area (Å²) in [4.78, 5) is 27.9. The molecule has 0 bridgehead atoms. The Labute approximate surface area is 233 Å². The van der Waals surface area contributed by atoms with E-state index in [0.717, 1.165) is 4.31 Å². The molecule has 0 radical (unpaired) electrons. The minimum absolute atomic E-state index is 0.0154. The molecule has 11 heteroatoms. The van der Waals surface area contributed by atoms with E-state index in [1.165, 1.54) is 55.5 Å². The molecule has 38 heavy (non-hydrogen) atoms. The molecule has 0 fully saturated rings. The number of amides is 2. The molecular weight excluding hydrogens is 549 g/mol. The lowest BCUT2D eigenvalue weighted by Gasteiger charge is -2.33. The molecule has 0 aliphatic carbocycles. The van der Waals surface area contributed by atoms with Gasteiger partial charge in [0, 0.05) is 23.6 Å². The van der Waals surface area contributed by atoms with Gasteiger partial charge in [0.15, 0.2) is 0 Å². The van der Waals surface area contributed by atoms with Gasteiger partial charge in [-0.05, 0) is 66.6 Å². The Bertz CT molecular complexity index is 1370. The number of hydrogen-bond donors (Lipinski definition) is 1. The van der Waals surface area contributed by atoms with Crippen LogP contribution in [0.5, 0.6) is 5.75 Å². The van der Waals surface area contributed by atoms with E-state index in [9.17, 15) is 18.0 Å². The molecule has 202 valence electrons. The van der Waals surface area contributed by atoms with Crippen molar-refractivity contribution >= 4 is 50.7 Å². The predicted octanol–water partition coefficient (Wildman–Crippen LogP) is 4.75. The molecule has 2 amide bonds. The lowest BCUT2D eigenvalue weighted by atomic mass is 10.1. The van der Waals surface area contributed by atoms with Crippen LogP contribution in [0.2, 0.25) is 10.0 Å². The molecule has 0 heterocycles. The summed E-state index contributed by atoms with van der Waals surface area (Å²) in [7, 11) is -1.24. The summed E-state index contributed by atoms with van der Waals surface area (Å²) in [5.41, 5.74) is 0.866. The Kier molecular flexibility index (Phi) is 10.0. The third-order valence-electron chi connectivity index (χ3n) is 5.97. The van der Waals surface area contributed by atoms with Crippen LogP contribution in [-0.4, -0.2) is 51.9 Å². The molecular formula is C27H29Cl2N3O5S. The van der Waals surface area contributed by atoms with E-state index in [2.05, 4.69) is 5.32 Å². The first kappa shape index (κ1) is 29.3. The fourth-order valence-electron chi connectivity index (χ4n) is 3.91. The molecule has 8 nitrogen and oxygen atoms in total. The number of sulfonamides is 1. The summed E-state index contributed by atoms with van der Waals surface area (Å²) in [6.45, 7) is 1.23. The fourth-order valence-corrected chi connectivity index (χ4v) is 5.64. The van der Waals surface area contributed by atoms with Crippen LogP contribution in [0.15, 0.2) is 77.7 Å².